The Balaban J connectivity index is 1.15. The van der Waals surface area contributed by atoms with Crippen molar-refractivity contribution < 1.29 is 37.1 Å². The van der Waals surface area contributed by atoms with E-state index in [0.717, 1.165) is 52.7 Å². The Labute approximate surface area is 338 Å². The number of carbonyl (C=O) groups is 4. The molecule has 8 rings (SSSR count). The summed E-state index contributed by atoms with van der Waals surface area (Å²) in [6.07, 6.45) is 11.0. The van der Waals surface area contributed by atoms with Crippen molar-refractivity contribution in [3.8, 4) is 11.5 Å². The molecule has 5 aliphatic rings. The van der Waals surface area contributed by atoms with Crippen LogP contribution in [0.2, 0.25) is 0 Å². The number of ether oxygens (including phenoxy) is 2. The number of nitrogens with zero attached hydrogens (tertiary/aromatic N) is 2. The van der Waals surface area contributed by atoms with Gasteiger partial charge in [0.25, 0.3) is 0 Å². The summed E-state index contributed by atoms with van der Waals surface area (Å²) in [5.41, 5.74) is 0.338. The fourth-order valence-electron chi connectivity index (χ4n) is 9.24. The lowest BCUT2D eigenvalue weighted by molar-refractivity contribution is -0.142. The molecule has 1 N–H and O–H groups in total. The molecule has 0 radical (unpaired) electrons. The van der Waals surface area contributed by atoms with Crippen LogP contribution < -0.4 is 14.8 Å². The number of Topliss-reactive ketones (excluding diaryl/α,β-unsaturated/α-hetero) is 2. The summed E-state index contributed by atoms with van der Waals surface area (Å²) in [6.45, 7) is 5.77. The number of carbonyl (C=O) groups excluding carboxylic acids is 4. The van der Waals surface area contributed by atoms with Gasteiger partial charge in [-0.1, -0.05) is 31.9 Å². The minimum absolute atomic E-state index is 0.0269. The smallest absolute Gasteiger partial charge is 0.243 e. The number of rotatable bonds is 9. The molecule has 3 aromatic rings. The van der Waals surface area contributed by atoms with Crippen LogP contribution in [0.3, 0.4) is 0 Å². The quantitative estimate of drug-likeness (QED) is 0.185. The number of sulfone groups is 1. The first-order valence-electron chi connectivity index (χ1n) is 20.5. The molecule has 304 valence electrons. The van der Waals surface area contributed by atoms with E-state index in [0.29, 0.717) is 61.3 Å². The molecule has 2 aromatic heterocycles. The second-order valence-corrected chi connectivity index (χ2v) is 21.1. The Morgan fingerprint density at radius 3 is 2.61 bits per heavy atom. The summed E-state index contributed by atoms with van der Waals surface area (Å²) in [4.78, 5) is 65.8. The Morgan fingerprint density at radius 2 is 1.89 bits per heavy atom. The van der Waals surface area contributed by atoms with Crippen molar-refractivity contribution >= 4 is 55.5 Å². The third kappa shape index (κ3) is 7.43. The summed E-state index contributed by atoms with van der Waals surface area (Å²) in [5, 5.41) is 4.00. The van der Waals surface area contributed by atoms with E-state index in [-0.39, 0.29) is 37.0 Å². The van der Waals surface area contributed by atoms with Crippen LogP contribution in [-0.2, 0) is 37.1 Å². The highest BCUT2D eigenvalue weighted by molar-refractivity contribution is 7.93. The Hall–Kier alpha value is -4.10. The molecule has 2 saturated carbocycles. The van der Waals surface area contributed by atoms with E-state index in [9.17, 15) is 27.6 Å². The Bertz CT molecular complexity index is 2280. The van der Waals surface area contributed by atoms with Crippen molar-refractivity contribution in [2.75, 3.05) is 19.4 Å². The third-order valence-electron chi connectivity index (χ3n) is 13.3. The number of benzene rings is 1. The highest BCUT2D eigenvalue weighted by atomic mass is 32.2. The number of pyridine rings is 1. The number of hydrogen-bond acceptors (Lipinski definition) is 10. The van der Waals surface area contributed by atoms with E-state index >= 15 is 0 Å². The van der Waals surface area contributed by atoms with Crippen molar-refractivity contribution in [1.29, 1.82) is 0 Å². The van der Waals surface area contributed by atoms with Gasteiger partial charge in [0.1, 0.15) is 34.4 Å². The van der Waals surface area contributed by atoms with Crippen LogP contribution in [0, 0.1) is 18.8 Å². The molecule has 5 atom stereocenters. The number of aromatic nitrogens is 1. The van der Waals surface area contributed by atoms with Crippen LogP contribution in [0.1, 0.15) is 110 Å². The van der Waals surface area contributed by atoms with Gasteiger partial charge in [0, 0.05) is 40.5 Å². The molecule has 11 nitrogen and oxygen atoms in total. The van der Waals surface area contributed by atoms with Gasteiger partial charge in [-0.25, -0.2) is 13.4 Å². The molecule has 2 amide bonds. The largest absolute Gasteiger partial charge is 0.497 e. The van der Waals surface area contributed by atoms with Gasteiger partial charge in [-0.2, -0.15) is 0 Å². The molecule has 1 aromatic carbocycles. The standard InChI is InChI=1S/C44H53N3O8S2/c1-5-33-39-31(32-22-30(54-4)14-15-34(32)45-33)17-18-43(55-39)24-35-40(50)46-44(38(49)25-57(52,53)42(3)19-20-42)23-29(44)12-10-8-6-7-9-11-28(41(51)47(35)26-43)21-36(48)37-16-13-27(2)56-37/h10,12-16,22,28-29,35H,5-9,11,17-21,23-26H2,1-4H3,(H,46,50)/b12-10-/t28-,29-,35+,43-,44-/m1/s1. The van der Waals surface area contributed by atoms with Crippen LogP contribution in [0.25, 0.3) is 10.9 Å². The zero-order valence-electron chi connectivity index (χ0n) is 33.4. The number of methoxy groups -OCH3 is 1. The van der Waals surface area contributed by atoms with Gasteiger partial charge < -0.3 is 19.7 Å². The molecular weight excluding hydrogens is 763 g/mol. The van der Waals surface area contributed by atoms with Gasteiger partial charge in [0.2, 0.25) is 11.8 Å². The van der Waals surface area contributed by atoms with Gasteiger partial charge in [-0.05, 0) is 102 Å². The minimum Gasteiger partial charge on any atom is -0.497 e. The summed E-state index contributed by atoms with van der Waals surface area (Å²) in [7, 11) is -2.10. The fourth-order valence-corrected chi connectivity index (χ4v) is 11.7. The predicted octanol–water partition coefficient (Wildman–Crippen LogP) is 6.66. The van der Waals surface area contributed by atoms with Crippen LogP contribution >= 0.6 is 11.3 Å². The highest BCUT2D eigenvalue weighted by Gasteiger charge is 2.63. The molecule has 1 saturated heterocycles. The first kappa shape index (κ1) is 39.7. The maximum absolute atomic E-state index is 15.0. The highest BCUT2D eigenvalue weighted by Crippen LogP contribution is 2.50. The number of hydrogen-bond donors (Lipinski definition) is 1. The fraction of sp³-hybridized carbons (Fsp3) is 0.568. The van der Waals surface area contributed by atoms with E-state index < -0.39 is 55.1 Å². The molecule has 0 unspecified atom stereocenters. The van der Waals surface area contributed by atoms with E-state index in [1.54, 1.807) is 18.9 Å². The molecule has 2 aliphatic carbocycles. The Kier molecular flexibility index (Phi) is 10.4. The minimum atomic E-state index is -3.73. The van der Waals surface area contributed by atoms with E-state index in [4.69, 9.17) is 14.5 Å². The van der Waals surface area contributed by atoms with Gasteiger partial charge in [0.15, 0.2) is 21.4 Å². The molecule has 57 heavy (non-hydrogen) atoms. The number of nitrogens with one attached hydrogen (secondary N) is 1. The van der Waals surface area contributed by atoms with E-state index in [2.05, 4.69) is 5.32 Å². The van der Waals surface area contributed by atoms with Crippen molar-refractivity contribution in [3.63, 3.8) is 0 Å². The average molecular weight is 816 g/mol. The lowest BCUT2D eigenvalue weighted by atomic mass is 9.87. The molecular formula is C44H53N3O8S2. The van der Waals surface area contributed by atoms with Gasteiger partial charge >= 0.3 is 0 Å². The Morgan fingerprint density at radius 1 is 1.09 bits per heavy atom. The number of thiophene rings is 1. The van der Waals surface area contributed by atoms with Crippen molar-refractivity contribution in [3.05, 3.63) is 63.5 Å². The number of fused-ring (bicyclic) bond motifs is 5. The number of allylic oxidation sites excluding steroid dienone is 1. The zero-order chi connectivity index (χ0) is 40.3. The summed E-state index contributed by atoms with van der Waals surface area (Å²) in [6, 6.07) is 8.51. The second kappa shape index (κ2) is 14.9. The van der Waals surface area contributed by atoms with E-state index in [1.165, 1.54) is 11.3 Å². The van der Waals surface area contributed by atoms with Crippen LogP contribution in [0.15, 0.2) is 42.5 Å². The lowest BCUT2D eigenvalue weighted by Gasteiger charge is -2.37. The number of ketones is 2. The van der Waals surface area contributed by atoms with E-state index in [1.807, 2.05) is 56.3 Å². The van der Waals surface area contributed by atoms with Gasteiger partial charge in [0.05, 0.1) is 34.5 Å². The number of amides is 2. The van der Waals surface area contributed by atoms with Crippen molar-refractivity contribution in [2.45, 2.75) is 126 Å². The van der Waals surface area contributed by atoms with Gasteiger partial charge in [-0.15, -0.1) is 11.3 Å². The number of aryl methyl sites for hydroxylation is 3. The monoisotopic (exact) mass is 815 g/mol. The van der Waals surface area contributed by atoms with Gasteiger partial charge in [-0.3, -0.25) is 19.2 Å². The molecule has 3 aliphatic heterocycles. The summed E-state index contributed by atoms with van der Waals surface area (Å²) >= 11 is 1.41. The van der Waals surface area contributed by atoms with Crippen LogP contribution in [-0.4, -0.2) is 83.0 Å². The maximum Gasteiger partial charge on any atom is 0.243 e. The normalized spacial score (nSPS) is 28.9. The first-order chi connectivity index (χ1) is 27.2. The van der Waals surface area contributed by atoms with Crippen LogP contribution in [0.4, 0.5) is 0 Å². The molecule has 1 spiro atoms. The predicted molar refractivity (Wildman–Crippen MR) is 219 cm³/mol. The average Bonchev–Trinajstić information content (AvgIpc) is 4.01. The molecule has 0 bridgehead atoms. The third-order valence-corrected chi connectivity index (χ3v) is 16.9. The van der Waals surface area contributed by atoms with Crippen molar-refractivity contribution in [1.82, 2.24) is 15.2 Å². The second-order valence-electron chi connectivity index (χ2n) is 17.3. The maximum atomic E-state index is 15.0. The first-order valence-corrected chi connectivity index (χ1v) is 23.0. The molecule has 5 heterocycles. The molecule has 3 fully saturated rings. The zero-order valence-corrected chi connectivity index (χ0v) is 35.0. The lowest BCUT2D eigenvalue weighted by Crippen LogP contribution is -2.55. The molecule has 13 heteroatoms. The summed E-state index contributed by atoms with van der Waals surface area (Å²) < 4.78 is 38.4. The topological polar surface area (TPSA) is 149 Å². The van der Waals surface area contributed by atoms with Crippen molar-refractivity contribution in [2.24, 2.45) is 11.8 Å². The SMILES string of the molecule is CCc1nc2ccc(OC)cc2c2c1O[C@]1(CC2)C[C@H]2C(=O)N[C@]3(C(=O)CS(=O)(=O)C4(C)CC4)C[C@H]3/C=C\CCCCC[C@H](CC(=O)c3ccc(C)s3)C(=O)N2C1. The van der Waals surface area contributed by atoms with Crippen LogP contribution in [0.5, 0.6) is 11.5 Å². The summed E-state index contributed by atoms with van der Waals surface area (Å²) in [5.74, 6) is -1.64.